The van der Waals surface area contributed by atoms with E-state index in [1.54, 1.807) is 0 Å². The monoisotopic (exact) mass is 299 g/mol. The van der Waals surface area contributed by atoms with Crippen LogP contribution in [-0.2, 0) is 0 Å². The van der Waals surface area contributed by atoms with Gasteiger partial charge in [-0.25, -0.2) is 0 Å². The van der Waals surface area contributed by atoms with Crippen LogP contribution in [0.2, 0.25) is 0 Å². The summed E-state index contributed by atoms with van der Waals surface area (Å²) in [5.41, 5.74) is 7.06. The quantitative estimate of drug-likeness (QED) is 0.802. The van der Waals surface area contributed by atoms with Crippen molar-refractivity contribution in [3.8, 4) is 11.5 Å². The lowest BCUT2D eigenvalue weighted by atomic mass is 9.96. The smallest absolute Gasteiger partial charge is 0.127 e. The zero-order valence-corrected chi connectivity index (χ0v) is 13.3. The average Bonchev–Trinajstić information content (AvgIpc) is 2.53. The number of benzene rings is 2. The van der Waals surface area contributed by atoms with Gasteiger partial charge in [0.2, 0.25) is 0 Å². The highest BCUT2D eigenvalue weighted by Crippen LogP contribution is 2.25. The fourth-order valence-corrected chi connectivity index (χ4v) is 2.29. The number of nitrogens with two attached hydrogens (primary N) is 1. The van der Waals surface area contributed by atoms with E-state index in [-0.39, 0.29) is 6.04 Å². The molecule has 2 rings (SSSR count). The van der Waals surface area contributed by atoms with Gasteiger partial charge in [0.25, 0.3) is 0 Å². The van der Waals surface area contributed by atoms with Gasteiger partial charge in [0.05, 0.1) is 12.1 Å². The molecule has 0 bridgehead atoms. The second-order valence-corrected chi connectivity index (χ2v) is 6.05. The summed E-state index contributed by atoms with van der Waals surface area (Å²) in [5.74, 6) is 2.14. The van der Waals surface area contributed by atoms with Crippen molar-refractivity contribution in [2.45, 2.75) is 38.8 Å². The molecule has 0 unspecified atom stereocenters. The maximum absolute atomic E-state index is 10.2. The number of para-hydroxylation sites is 1. The second kappa shape index (κ2) is 7.97. The molecule has 2 aromatic rings. The fraction of sp³-hybridized carbons (Fsp3) is 0.368. The first-order valence-corrected chi connectivity index (χ1v) is 7.83. The van der Waals surface area contributed by atoms with E-state index in [9.17, 15) is 5.11 Å². The molecule has 0 aliphatic rings. The lowest BCUT2D eigenvalue weighted by Crippen LogP contribution is -2.26. The summed E-state index contributed by atoms with van der Waals surface area (Å²) in [5, 5.41) is 10.2. The number of rotatable bonds is 7. The van der Waals surface area contributed by atoms with Gasteiger partial charge in [0, 0.05) is 0 Å². The summed E-state index contributed by atoms with van der Waals surface area (Å²) < 4.78 is 5.75. The van der Waals surface area contributed by atoms with Gasteiger partial charge in [-0.1, -0.05) is 44.2 Å². The second-order valence-electron chi connectivity index (χ2n) is 6.05. The highest BCUT2D eigenvalue weighted by molar-refractivity contribution is 5.34. The molecule has 0 aliphatic carbocycles. The Bertz CT molecular complexity index is 551. The van der Waals surface area contributed by atoms with Crippen LogP contribution >= 0.6 is 0 Å². The molecule has 0 aliphatic heterocycles. The molecule has 0 fully saturated rings. The van der Waals surface area contributed by atoms with E-state index in [0.29, 0.717) is 5.92 Å². The Kier molecular flexibility index (Phi) is 5.99. The summed E-state index contributed by atoms with van der Waals surface area (Å²) in [6, 6.07) is 16.9. The van der Waals surface area contributed by atoms with Crippen LogP contribution in [0.25, 0.3) is 0 Å². The van der Waals surface area contributed by atoms with Crippen molar-refractivity contribution in [3.63, 3.8) is 0 Å². The Hall–Kier alpha value is -1.84. The van der Waals surface area contributed by atoms with Gasteiger partial charge in [-0.2, -0.15) is 0 Å². The molecule has 3 nitrogen and oxygen atoms in total. The Labute approximate surface area is 132 Å². The molecule has 3 N–H and O–H groups in total. The zero-order valence-electron chi connectivity index (χ0n) is 13.3. The Morgan fingerprint density at radius 1 is 0.909 bits per heavy atom. The molecular formula is C19H25NO2. The SMILES string of the molecule is CC(C)CC[C@H](O)[C@H](N)c1ccc(Oc2ccccc2)cc1. The van der Waals surface area contributed by atoms with Crippen molar-refractivity contribution >= 4 is 0 Å². The van der Waals surface area contributed by atoms with Gasteiger partial charge < -0.3 is 15.6 Å². The Balaban J connectivity index is 1.96. The van der Waals surface area contributed by atoms with Crippen molar-refractivity contribution in [1.29, 1.82) is 0 Å². The Morgan fingerprint density at radius 2 is 1.50 bits per heavy atom. The van der Waals surface area contributed by atoms with Crippen LogP contribution in [0.1, 0.15) is 38.3 Å². The van der Waals surface area contributed by atoms with E-state index in [4.69, 9.17) is 10.5 Å². The predicted molar refractivity (Wildman–Crippen MR) is 90.0 cm³/mol. The maximum Gasteiger partial charge on any atom is 0.127 e. The van der Waals surface area contributed by atoms with Crippen molar-refractivity contribution in [1.82, 2.24) is 0 Å². The number of aliphatic hydroxyl groups is 1. The molecule has 0 heterocycles. The van der Waals surface area contributed by atoms with Crippen molar-refractivity contribution in [3.05, 3.63) is 60.2 Å². The number of aliphatic hydroxyl groups excluding tert-OH is 1. The first-order chi connectivity index (χ1) is 10.6. The highest BCUT2D eigenvalue weighted by atomic mass is 16.5. The maximum atomic E-state index is 10.2. The molecule has 3 heteroatoms. The van der Waals surface area contributed by atoms with E-state index in [2.05, 4.69) is 13.8 Å². The van der Waals surface area contributed by atoms with Crippen LogP contribution in [0.3, 0.4) is 0 Å². The molecule has 0 radical (unpaired) electrons. The van der Waals surface area contributed by atoms with E-state index < -0.39 is 6.10 Å². The molecule has 118 valence electrons. The van der Waals surface area contributed by atoms with E-state index >= 15 is 0 Å². The van der Waals surface area contributed by atoms with Crippen LogP contribution < -0.4 is 10.5 Å². The third-order valence-electron chi connectivity index (χ3n) is 3.70. The number of hydrogen-bond donors (Lipinski definition) is 2. The highest BCUT2D eigenvalue weighted by Gasteiger charge is 2.17. The minimum atomic E-state index is -0.511. The third kappa shape index (κ3) is 4.86. The van der Waals surface area contributed by atoms with Gasteiger partial charge in [-0.15, -0.1) is 0 Å². The van der Waals surface area contributed by atoms with Crippen LogP contribution in [-0.4, -0.2) is 11.2 Å². The van der Waals surface area contributed by atoms with E-state index in [0.717, 1.165) is 29.9 Å². The molecular weight excluding hydrogens is 274 g/mol. The summed E-state index contributed by atoms with van der Waals surface area (Å²) in [6.07, 6.45) is 1.19. The van der Waals surface area contributed by atoms with Crippen LogP contribution in [0.15, 0.2) is 54.6 Å². The minimum absolute atomic E-state index is 0.357. The molecule has 0 aromatic heterocycles. The van der Waals surface area contributed by atoms with Crippen molar-refractivity contribution < 1.29 is 9.84 Å². The number of ether oxygens (including phenoxy) is 1. The number of hydrogen-bond acceptors (Lipinski definition) is 3. The van der Waals surface area contributed by atoms with Crippen molar-refractivity contribution in [2.75, 3.05) is 0 Å². The molecule has 2 atom stereocenters. The van der Waals surface area contributed by atoms with E-state index in [1.165, 1.54) is 0 Å². The summed E-state index contributed by atoms with van der Waals surface area (Å²) in [6.45, 7) is 4.29. The molecule has 0 spiro atoms. The van der Waals surface area contributed by atoms with Crippen molar-refractivity contribution in [2.24, 2.45) is 11.7 Å². The summed E-state index contributed by atoms with van der Waals surface area (Å²) in [4.78, 5) is 0. The topological polar surface area (TPSA) is 55.5 Å². The lowest BCUT2D eigenvalue weighted by molar-refractivity contribution is 0.128. The first kappa shape index (κ1) is 16.5. The largest absolute Gasteiger partial charge is 0.457 e. The third-order valence-corrected chi connectivity index (χ3v) is 3.70. The standard InChI is InChI=1S/C19H25NO2/c1-14(2)8-13-18(21)19(20)15-9-11-17(12-10-15)22-16-6-4-3-5-7-16/h3-7,9-12,14,18-19,21H,8,13,20H2,1-2H3/t18-,19+/m0/s1. The lowest BCUT2D eigenvalue weighted by Gasteiger charge is -2.20. The first-order valence-electron chi connectivity index (χ1n) is 7.83. The van der Waals surface area contributed by atoms with Gasteiger partial charge in [-0.05, 0) is 48.6 Å². The van der Waals surface area contributed by atoms with Gasteiger partial charge >= 0.3 is 0 Å². The van der Waals surface area contributed by atoms with Gasteiger partial charge in [0.15, 0.2) is 0 Å². The Morgan fingerprint density at radius 3 is 2.09 bits per heavy atom. The normalized spacial score (nSPS) is 13.9. The minimum Gasteiger partial charge on any atom is -0.457 e. The van der Waals surface area contributed by atoms with Crippen LogP contribution in [0.4, 0.5) is 0 Å². The van der Waals surface area contributed by atoms with Crippen LogP contribution in [0, 0.1) is 5.92 Å². The fourth-order valence-electron chi connectivity index (χ4n) is 2.29. The molecule has 0 saturated heterocycles. The van der Waals surface area contributed by atoms with Crippen LogP contribution in [0.5, 0.6) is 11.5 Å². The average molecular weight is 299 g/mol. The molecule has 0 saturated carbocycles. The van der Waals surface area contributed by atoms with Gasteiger partial charge in [0.1, 0.15) is 11.5 Å². The summed E-state index contributed by atoms with van der Waals surface area (Å²) in [7, 11) is 0. The molecule has 2 aromatic carbocycles. The van der Waals surface area contributed by atoms with E-state index in [1.807, 2.05) is 54.6 Å². The predicted octanol–water partition coefficient (Wildman–Crippen LogP) is 4.28. The zero-order chi connectivity index (χ0) is 15.9. The van der Waals surface area contributed by atoms with Gasteiger partial charge in [-0.3, -0.25) is 0 Å². The molecule has 0 amide bonds. The summed E-state index contributed by atoms with van der Waals surface area (Å²) >= 11 is 0. The molecule has 22 heavy (non-hydrogen) atoms.